The van der Waals surface area contributed by atoms with E-state index in [4.69, 9.17) is 31.8 Å². The zero-order valence-corrected chi connectivity index (χ0v) is 34.4. The molecule has 6 heterocycles. The van der Waals surface area contributed by atoms with Gasteiger partial charge in [0.15, 0.2) is 53.5 Å². The molecule has 0 radical (unpaired) electrons. The second-order valence-electron chi connectivity index (χ2n) is 15.6. The first-order valence-electron chi connectivity index (χ1n) is 18.3. The Bertz CT molecular complexity index is 2080. The summed E-state index contributed by atoms with van der Waals surface area (Å²) < 4.78 is 49.5. The van der Waals surface area contributed by atoms with Crippen LogP contribution in [0.2, 0.25) is 36.3 Å². The minimum atomic E-state index is -2.01. The average molecular weight is 783 g/mol. The van der Waals surface area contributed by atoms with Crippen LogP contribution in [0.4, 0.5) is 20.4 Å². The Morgan fingerprint density at radius 2 is 1.35 bits per heavy atom. The molecule has 2 saturated heterocycles. The van der Waals surface area contributed by atoms with Crippen molar-refractivity contribution in [3.63, 3.8) is 0 Å². The van der Waals surface area contributed by atoms with Crippen LogP contribution in [0.25, 0.3) is 22.3 Å². The number of aromatic nitrogens is 8. The summed E-state index contributed by atoms with van der Waals surface area (Å²) in [6.07, 6.45) is 8.26. The molecule has 0 bridgehead atoms. The zero-order chi connectivity index (χ0) is 39.7. The number of terminal acetylenes is 1. The fraction of sp³-hybridized carbons (Fsp3) is 0.611. The third kappa shape index (κ3) is 8.14. The van der Waals surface area contributed by atoms with E-state index in [1.165, 1.54) is 6.33 Å². The Labute approximate surface area is 317 Å². The van der Waals surface area contributed by atoms with Gasteiger partial charge < -0.3 is 30.5 Å². The van der Waals surface area contributed by atoms with Crippen LogP contribution >= 0.6 is 0 Å². The molecule has 0 amide bonds. The summed E-state index contributed by atoms with van der Waals surface area (Å²) in [5.41, 5.74) is 14.7. The van der Waals surface area contributed by atoms with Crippen LogP contribution in [-0.2, 0) is 13.9 Å². The Balaban J connectivity index is 0.000000237. The number of hydrogen-bond donors (Lipinski definition) is 3. The van der Waals surface area contributed by atoms with Gasteiger partial charge in [0, 0.05) is 0 Å². The molecule has 18 heteroatoms. The first kappa shape index (κ1) is 41.1. The van der Waals surface area contributed by atoms with Crippen LogP contribution in [0.5, 0.6) is 0 Å². The van der Waals surface area contributed by atoms with Crippen molar-refractivity contribution in [2.45, 2.75) is 127 Å². The van der Waals surface area contributed by atoms with Crippen molar-refractivity contribution in [2.24, 2.45) is 0 Å². The summed E-state index contributed by atoms with van der Waals surface area (Å²) >= 11 is 0. The average Bonchev–Trinajstić information content (AvgIpc) is 3.93. The van der Waals surface area contributed by atoms with Crippen LogP contribution < -0.4 is 11.5 Å². The number of aliphatic hydroxyl groups is 1. The number of nitrogens with zero attached hydrogens (tertiary/aromatic N) is 8. The van der Waals surface area contributed by atoms with Gasteiger partial charge in [-0.15, -0.1) is 12.0 Å². The van der Waals surface area contributed by atoms with Gasteiger partial charge in [-0.2, -0.15) is 28.7 Å². The van der Waals surface area contributed by atoms with Crippen molar-refractivity contribution in [3.8, 4) is 23.8 Å². The lowest BCUT2D eigenvalue weighted by Gasteiger charge is -2.38. The van der Waals surface area contributed by atoms with Gasteiger partial charge in [-0.25, -0.2) is 9.97 Å². The second kappa shape index (κ2) is 15.6. The molecular formula is C36H52F2N10O4Si2. The number of nitrogens with two attached hydrogens (primary N) is 2. The standard InChI is InChI=1S/C24H40FN5O2Si2.C12H12FN5O2/c1-9-34(10-2,11-3)15-14-24(16-31-33(7,8)23(4,5)6)13-12-18(32-24)30-17-27-19-20(26)28-22(25)29-21(19)30;1-2-12(5-19)4-3-7(20-12)18-6-15-8-9(14)16-11(13)17-10(8)18/h17-18H,9-13,16H2,1-8H3,(H2,26,28,29);1,6-7,19H,3-5H2,(H2,14,16,17)/t18-,24-;7-,12+/m11/s1. The predicted molar refractivity (Wildman–Crippen MR) is 208 cm³/mol. The molecule has 4 atom stereocenters. The highest BCUT2D eigenvalue weighted by atomic mass is 28.4. The molecule has 0 aliphatic carbocycles. The van der Waals surface area contributed by atoms with Gasteiger partial charge in [-0.05, 0) is 61.9 Å². The maximum atomic E-state index is 13.9. The highest BCUT2D eigenvalue weighted by molar-refractivity contribution is 6.87. The molecule has 2 fully saturated rings. The SMILES string of the molecule is C#C[C@@]1(CO)CC[C@H](n2cnc3c(N)nc(F)nc32)O1.CC[Si](C#C[C@@]1(CO[Si](C)(C)C(C)(C)C)CC[C@H](n2cnc3c(N)nc(F)nc32)O1)(CC)CC. The van der Waals surface area contributed by atoms with E-state index in [0.29, 0.717) is 42.5 Å². The van der Waals surface area contributed by atoms with E-state index >= 15 is 0 Å². The van der Waals surface area contributed by atoms with Crippen LogP contribution in [0, 0.1) is 36.0 Å². The minimum absolute atomic E-state index is 0.0242. The number of ether oxygens (including phenoxy) is 2. The van der Waals surface area contributed by atoms with E-state index < -0.39 is 46.0 Å². The second-order valence-corrected chi connectivity index (χ2v) is 25.3. The van der Waals surface area contributed by atoms with Crippen LogP contribution in [0.3, 0.4) is 0 Å². The highest BCUT2D eigenvalue weighted by Crippen LogP contribution is 2.42. The number of anilines is 2. The number of halogens is 2. The Morgan fingerprint density at radius 3 is 1.76 bits per heavy atom. The fourth-order valence-electron chi connectivity index (χ4n) is 6.38. The van der Waals surface area contributed by atoms with Gasteiger partial charge in [-0.1, -0.05) is 53.4 Å². The quantitative estimate of drug-likeness (QED) is 0.104. The van der Waals surface area contributed by atoms with E-state index in [-0.39, 0.29) is 35.2 Å². The van der Waals surface area contributed by atoms with E-state index in [2.05, 4.69) is 102 Å². The maximum Gasteiger partial charge on any atom is 0.312 e. The predicted octanol–water partition coefficient (Wildman–Crippen LogP) is 5.89. The van der Waals surface area contributed by atoms with E-state index in [1.54, 1.807) is 15.5 Å². The van der Waals surface area contributed by atoms with Gasteiger partial charge in [0.05, 0.1) is 25.9 Å². The largest absolute Gasteiger partial charge is 0.413 e. The number of imidazole rings is 2. The molecule has 0 spiro atoms. The monoisotopic (exact) mass is 782 g/mol. The summed E-state index contributed by atoms with van der Waals surface area (Å²) in [7, 11) is -3.69. The number of fused-ring (bicyclic) bond motifs is 2. The summed E-state index contributed by atoms with van der Waals surface area (Å²) in [6, 6.07) is 3.37. The lowest BCUT2D eigenvalue weighted by atomic mass is 10.0. The van der Waals surface area contributed by atoms with Crippen molar-refractivity contribution < 1.29 is 27.8 Å². The molecule has 4 aromatic heterocycles. The van der Waals surface area contributed by atoms with Crippen molar-refractivity contribution >= 4 is 50.4 Å². The molecule has 292 valence electrons. The van der Waals surface area contributed by atoms with E-state index in [9.17, 15) is 13.9 Å². The Hall–Kier alpha value is -4.05. The number of rotatable bonds is 9. The summed E-state index contributed by atoms with van der Waals surface area (Å²) in [4.78, 5) is 23.0. The van der Waals surface area contributed by atoms with Crippen LogP contribution in [-0.4, -0.2) is 85.0 Å². The van der Waals surface area contributed by atoms with Crippen molar-refractivity contribution in [2.75, 3.05) is 24.7 Å². The van der Waals surface area contributed by atoms with Crippen molar-refractivity contribution in [1.29, 1.82) is 0 Å². The number of nitrogen functional groups attached to an aromatic ring is 2. The minimum Gasteiger partial charge on any atom is -0.413 e. The summed E-state index contributed by atoms with van der Waals surface area (Å²) in [5.74, 6) is 6.04. The lowest BCUT2D eigenvalue weighted by Crippen LogP contribution is -2.46. The molecule has 4 aromatic rings. The Morgan fingerprint density at radius 1 is 0.889 bits per heavy atom. The third-order valence-electron chi connectivity index (χ3n) is 11.4. The normalized spacial score (nSPS) is 23.2. The maximum absolute atomic E-state index is 13.9. The smallest absolute Gasteiger partial charge is 0.312 e. The summed E-state index contributed by atoms with van der Waals surface area (Å²) in [6.45, 7) is 18.1. The molecule has 6 rings (SSSR count). The van der Waals surface area contributed by atoms with Gasteiger partial charge in [-0.3, -0.25) is 9.13 Å². The lowest BCUT2D eigenvalue weighted by molar-refractivity contribution is -0.0618. The first-order valence-corrected chi connectivity index (χ1v) is 23.9. The number of hydrogen-bond acceptors (Lipinski definition) is 12. The Kier molecular flexibility index (Phi) is 11.9. The van der Waals surface area contributed by atoms with E-state index in [1.807, 2.05) is 0 Å². The van der Waals surface area contributed by atoms with Crippen LogP contribution in [0.1, 0.15) is 79.7 Å². The summed E-state index contributed by atoms with van der Waals surface area (Å²) in [5, 5.41) is 9.42. The topological polar surface area (TPSA) is 187 Å². The molecule has 2 aliphatic heterocycles. The van der Waals surface area contributed by atoms with Crippen LogP contribution in [0.15, 0.2) is 12.7 Å². The molecule has 0 saturated carbocycles. The van der Waals surface area contributed by atoms with Crippen molar-refractivity contribution in [1.82, 2.24) is 39.0 Å². The van der Waals surface area contributed by atoms with Gasteiger partial charge in [0.2, 0.25) is 0 Å². The van der Waals surface area contributed by atoms with Gasteiger partial charge in [0.1, 0.15) is 20.5 Å². The first-order chi connectivity index (χ1) is 25.4. The van der Waals surface area contributed by atoms with E-state index in [0.717, 1.165) is 24.6 Å². The number of aliphatic hydroxyl groups excluding tert-OH is 1. The fourth-order valence-corrected chi connectivity index (χ4v) is 9.93. The zero-order valence-electron chi connectivity index (χ0n) is 32.4. The molecule has 5 N–H and O–H groups in total. The molecule has 2 aliphatic rings. The highest BCUT2D eigenvalue weighted by Gasteiger charge is 2.45. The molecular weight excluding hydrogens is 731 g/mol. The van der Waals surface area contributed by atoms with Crippen molar-refractivity contribution in [3.05, 3.63) is 24.8 Å². The third-order valence-corrected chi connectivity index (χ3v) is 20.5. The van der Waals surface area contributed by atoms with Gasteiger partial charge >= 0.3 is 12.2 Å². The molecule has 0 unspecified atom stereocenters. The molecule has 54 heavy (non-hydrogen) atoms. The molecule has 14 nitrogen and oxygen atoms in total. The molecule has 0 aromatic carbocycles. The van der Waals surface area contributed by atoms with Gasteiger partial charge in [0.25, 0.3) is 0 Å².